The van der Waals surface area contributed by atoms with Crippen molar-refractivity contribution in [3.8, 4) is 0 Å². The first-order valence-corrected chi connectivity index (χ1v) is 10.8. The highest BCUT2D eigenvalue weighted by Gasteiger charge is 2.23. The van der Waals surface area contributed by atoms with Crippen LogP contribution in [0.5, 0.6) is 0 Å². The molecule has 0 saturated heterocycles. The van der Waals surface area contributed by atoms with Gasteiger partial charge in [-0.2, -0.15) is 0 Å². The highest BCUT2D eigenvalue weighted by Crippen LogP contribution is 2.27. The number of aromatic amines is 1. The summed E-state index contributed by atoms with van der Waals surface area (Å²) in [5, 5.41) is 6.96. The van der Waals surface area contributed by atoms with E-state index in [1.165, 1.54) is 29.1 Å². The SMILES string of the molecule is O=C(Nc1cccc(CNC(=O)N2CCc3c([nH]c4ccccc34)C2)c1)c1cccc(F)c1. The lowest BCUT2D eigenvalue weighted by Crippen LogP contribution is -2.42. The summed E-state index contributed by atoms with van der Waals surface area (Å²) in [6, 6.07) is 20.8. The summed E-state index contributed by atoms with van der Waals surface area (Å²) in [4.78, 5) is 30.4. The first kappa shape index (κ1) is 20.8. The van der Waals surface area contributed by atoms with Crippen LogP contribution >= 0.6 is 0 Å². The Bertz CT molecular complexity index is 1350. The van der Waals surface area contributed by atoms with Crippen molar-refractivity contribution >= 4 is 28.5 Å². The van der Waals surface area contributed by atoms with Gasteiger partial charge in [-0.1, -0.05) is 36.4 Å². The van der Waals surface area contributed by atoms with Crippen LogP contribution in [0.15, 0.2) is 72.8 Å². The van der Waals surface area contributed by atoms with Crippen LogP contribution in [0, 0.1) is 5.82 Å². The van der Waals surface area contributed by atoms with E-state index in [2.05, 4.69) is 27.8 Å². The van der Waals surface area contributed by atoms with E-state index in [4.69, 9.17) is 0 Å². The maximum atomic E-state index is 13.4. The van der Waals surface area contributed by atoms with Crippen LogP contribution in [0.3, 0.4) is 0 Å². The topological polar surface area (TPSA) is 77.2 Å². The number of anilines is 1. The molecule has 1 aliphatic heterocycles. The number of nitrogens with one attached hydrogen (secondary N) is 3. The number of aromatic nitrogens is 1. The van der Waals surface area contributed by atoms with Gasteiger partial charge in [-0.15, -0.1) is 0 Å². The van der Waals surface area contributed by atoms with Crippen LogP contribution in [0.1, 0.15) is 27.2 Å². The van der Waals surface area contributed by atoms with Crippen molar-refractivity contribution in [3.05, 3.63) is 101 Å². The number of H-pyrrole nitrogens is 1. The fourth-order valence-corrected chi connectivity index (χ4v) is 4.25. The molecule has 166 valence electrons. The predicted octanol–water partition coefficient (Wildman–Crippen LogP) is 4.83. The third-order valence-electron chi connectivity index (χ3n) is 5.89. The zero-order valence-electron chi connectivity index (χ0n) is 17.9. The number of carbonyl (C=O) groups is 2. The van der Waals surface area contributed by atoms with E-state index < -0.39 is 11.7 Å². The van der Waals surface area contributed by atoms with Crippen molar-refractivity contribution in [1.29, 1.82) is 0 Å². The Labute approximate surface area is 190 Å². The molecule has 7 heteroatoms. The van der Waals surface area contributed by atoms with Gasteiger partial charge in [-0.25, -0.2) is 9.18 Å². The number of urea groups is 1. The van der Waals surface area contributed by atoms with Gasteiger partial charge >= 0.3 is 6.03 Å². The fourth-order valence-electron chi connectivity index (χ4n) is 4.25. The molecular weight excluding hydrogens is 419 g/mol. The molecule has 33 heavy (non-hydrogen) atoms. The maximum absolute atomic E-state index is 13.4. The van der Waals surface area contributed by atoms with Gasteiger partial charge in [0.05, 0.1) is 6.54 Å². The Hall–Kier alpha value is -4.13. The van der Waals surface area contributed by atoms with Gasteiger partial charge in [-0.3, -0.25) is 4.79 Å². The second-order valence-corrected chi connectivity index (χ2v) is 8.12. The van der Waals surface area contributed by atoms with E-state index >= 15 is 0 Å². The summed E-state index contributed by atoms with van der Waals surface area (Å²) in [5.74, 6) is -0.852. The summed E-state index contributed by atoms with van der Waals surface area (Å²) in [6.45, 7) is 1.53. The normalized spacial score (nSPS) is 12.9. The quantitative estimate of drug-likeness (QED) is 0.424. The summed E-state index contributed by atoms with van der Waals surface area (Å²) >= 11 is 0. The fraction of sp³-hybridized carbons (Fsp3) is 0.154. The Morgan fingerprint density at radius 1 is 1.00 bits per heavy atom. The standard InChI is InChI=1S/C26H23FN4O2/c27-19-7-4-6-18(14-19)25(32)29-20-8-3-5-17(13-20)15-28-26(33)31-12-11-22-21-9-1-2-10-23(21)30-24(22)16-31/h1-10,13-14,30H,11-12,15-16H2,(H,28,33)(H,29,32). The second kappa shape index (κ2) is 8.78. The van der Waals surface area contributed by atoms with Gasteiger partial charge < -0.3 is 20.5 Å². The minimum absolute atomic E-state index is 0.131. The van der Waals surface area contributed by atoms with Crippen LogP contribution in [-0.2, 0) is 19.5 Å². The summed E-state index contributed by atoms with van der Waals surface area (Å²) < 4.78 is 13.4. The molecule has 5 rings (SSSR count). The smallest absolute Gasteiger partial charge is 0.318 e. The van der Waals surface area contributed by atoms with E-state index in [0.29, 0.717) is 25.3 Å². The minimum atomic E-state index is -0.462. The number of hydrogen-bond donors (Lipinski definition) is 3. The van der Waals surface area contributed by atoms with Gasteiger partial charge in [0, 0.05) is 40.9 Å². The number of nitrogens with zero attached hydrogens (tertiary/aromatic N) is 1. The highest BCUT2D eigenvalue weighted by atomic mass is 19.1. The number of halogens is 1. The van der Waals surface area contributed by atoms with Gasteiger partial charge in [0.25, 0.3) is 5.91 Å². The lowest BCUT2D eigenvalue weighted by atomic mass is 10.0. The largest absolute Gasteiger partial charge is 0.357 e. The lowest BCUT2D eigenvalue weighted by Gasteiger charge is -2.27. The zero-order chi connectivity index (χ0) is 22.8. The van der Waals surface area contributed by atoms with Crippen LogP contribution in [0.2, 0.25) is 0 Å². The number of fused-ring (bicyclic) bond motifs is 3. The van der Waals surface area contributed by atoms with Gasteiger partial charge in [-0.05, 0) is 53.9 Å². The Morgan fingerprint density at radius 2 is 1.85 bits per heavy atom. The van der Waals surface area contributed by atoms with Crippen molar-refractivity contribution in [2.24, 2.45) is 0 Å². The van der Waals surface area contributed by atoms with Gasteiger partial charge in [0.1, 0.15) is 5.82 Å². The average Bonchev–Trinajstić information content (AvgIpc) is 3.20. The monoisotopic (exact) mass is 442 g/mol. The third kappa shape index (κ3) is 4.43. The molecule has 3 amide bonds. The number of benzene rings is 3. The zero-order valence-corrected chi connectivity index (χ0v) is 17.9. The molecule has 0 radical (unpaired) electrons. The molecule has 3 N–H and O–H groups in total. The van der Waals surface area contributed by atoms with Crippen LogP contribution < -0.4 is 10.6 Å². The molecule has 0 bridgehead atoms. The van der Waals surface area contributed by atoms with E-state index in [1.54, 1.807) is 29.2 Å². The van der Waals surface area contributed by atoms with Crippen LogP contribution in [-0.4, -0.2) is 28.4 Å². The first-order chi connectivity index (χ1) is 16.1. The van der Waals surface area contributed by atoms with Gasteiger partial charge in [0.2, 0.25) is 0 Å². The Balaban J connectivity index is 1.20. The molecule has 1 aliphatic rings. The van der Waals surface area contributed by atoms with E-state index in [9.17, 15) is 14.0 Å². The lowest BCUT2D eigenvalue weighted by molar-refractivity contribution is 0.102. The molecule has 0 aliphatic carbocycles. The minimum Gasteiger partial charge on any atom is -0.357 e. The van der Waals surface area contributed by atoms with Crippen molar-refractivity contribution in [2.75, 3.05) is 11.9 Å². The van der Waals surface area contributed by atoms with Crippen molar-refractivity contribution in [2.45, 2.75) is 19.5 Å². The van der Waals surface area contributed by atoms with Crippen molar-refractivity contribution < 1.29 is 14.0 Å². The van der Waals surface area contributed by atoms with Crippen molar-refractivity contribution in [1.82, 2.24) is 15.2 Å². The molecule has 6 nitrogen and oxygen atoms in total. The van der Waals surface area contributed by atoms with E-state index in [1.807, 2.05) is 18.2 Å². The third-order valence-corrected chi connectivity index (χ3v) is 5.89. The molecule has 0 saturated carbocycles. The number of rotatable bonds is 4. The average molecular weight is 442 g/mol. The molecular formula is C26H23FN4O2. The highest BCUT2D eigenvalue weighted by molar-refractivity contribution is 6.04. The van der Waals surface area contributed by atoms with Crippen LogP contribution in [0.25, 0.3) is 10.9 Å². The van der Waals surface area contributed by atoms with Gasteiger partial charge in [0.15, 0.2) is 0 Å². The molecule has 3 aromatic carbocycles. The summed E-state index contributed by atoms with van der Waals surface area (Å²) in [6.07, 6.45) is 0.814. The van der Waals surface area contributed by atoms with E-state index in [0.717, 1.165) is 23.2 Å². The molecule has 0 spiro atoms. The van der Waals surface area contributed by atoms with Crippen LogP contribution in [0.4, 0.5) is 14.9 Å². The number of carbonyl (C=O) groups excluding carboxylic acids is 2. The Morgan fingerprint density at radius 3 is 2.73 bits per heavy atom. The molecule has 2 heterocycles. The molecule has 4 aromatic rings. The number of hydrogen-bond acceptors (Lipinski definition) is 2. The Kier molecular flexibility index (Phi) is 5.52. The molecule has 0 fully saturated rings. The molecule has 0 unspecified atom stereocenters. The first-order valence-electron chi connectivity index (χ1n) is 10.8. The maximum Gasteiger partial charge on any atom is 0.318 e. The number of amides is 3. The summed E-state index contributed by atoms with van der Waals surface area (Å²) in [7, 11) is 0. The second-order valence-electron chi connectivity index (χ2n) is 8.12. The van der Waals surface area contributed by atoms with Crippen molar-refractivity contribution in [3.63, 3.8) is 0 Å². The molecule has 1 aromatic heterocycles. The predicted molar refractivity (Wildman–Crippen MR) is 125 cm³/mol. The summed E-state index contributed by atoms with van der Waals surface area (Å²) in [5.41, 5.74) is 5.15. The number of para-hydroxylation sites is 1. The van der Waals surface area contributed by atoms with E-state index in [-0.39, 0.29) is 11.6 Å². The molecule has 0 atom stereocenters.